The van der Waals surface area contributed by atoms with Crippen molar-refractivity contribution in [1.82, 2.24) is 0 Å². The third-order valence-electron chi connectivity index (χ3n) is 3.21. The van der Waals surface area contributed by atoms with Gasteiger partial charge < -0.3 is 10.5 Å². The summed E-state index contributed by atoms with van der Waals surface area (Å²) in [5, 5.41) is 0. The van der Waals surface area contributed by atoms with Crippen LogP contribution in [0.25, 0.3) is 0 Å². The molecule has 0 amide bonds. The molecular weight excluding hydrogens is 282 g/mol. The van der Waals surface area contributed by atoms with Crippen LogP contribution in [-0.2, 0) is 17.3 Å². The number of nitrogens with two attached hydrogens (primary N) is 1. The molecule has 2 aromatic carbocycles. The molecule has 3 nitrogen and oxygen atoms in total. The van der Waals surface area contributed by atoms with Gasteiger partial charge in [-0.15, -0.1) is 0 Å². The van der Waals surface area contributed by atoms with Crippen molar-refractivity contribution >= 4 is 10.8 Å². The van der Waals surface area contributed by atoms with Gasteiger partial charge in [-0.25, -0.2) is 0 Å². The van der Waals surface area contributed by atoms with Gasteiger partial charge in [-0.1, -0.05) is 35.9 Å². The van der Waals surface area contributed by atoms with Gasteiger partial charge in [0.05, 0.1) is 17.4 Å². The first-order chi connectivity index (χ1) is 10.2. The van der Waals surface area contributed by atoms with E-state index in [9.17, 15) is 4.21 Å². The summed E-state index contributed by atoms with van der Waals surface area (Å²) in [6.07, 6.45) is 0.749. The average molecular weight is 303 g/mol. The highest BCUT2D eigenvalue weighted by molar-refractivity contribution is 7.85. The van der Waals surface area contributed by atoms with Crippen LogP contribution >= 0.6 is 0 Å². The molecule has 0 bridgehead atoms. The molecule has 0 aliphatic rings. The first-order valence-electron chi connectivity index (χ1n) is 7.06. The van der Waals surface area contributed by atoms with Gasteiger partial charge in [-0.3, -0.25) is 4.21 Å². The molecule has 0 heterocycles. The summed E-state index contributed by atoms with van der Waals surface area (Å²) in [7, 11) is -0.961. The van der Waals surface area contributed by atoms with Crippen LogP contribution < -0.4 is 10.5 Å². The zero-order valence-electron chi connectivity index (χ0n) is 12.2. The lowest BCUT2D eigenvalue weighted by Gasteiger charge is -2.10. The lowest BCUT2D eigenvalue weighted by atomic mass is 10.2. The van der Waals surface area contributed by atoms with Gasteiger partial charge in [0.25, 0.3) is 0 Å². The summed E-state index contributed by atoms with van der Waals surface area (Å²) in [6.45, 7) is 3.04. The van der Waals surface area contributed by atoms with E-state index in [0.717, 1.165) is 22.6 Å². The Hall–Kier alpha value is -1.65. The topological polar surface area (TPSA) is 52.3 Å². The van der Waals surface area contributed by atoms with E-state index in [1.807, 2.05) is 55.5 Å². The van der Waals surface area contributed by atoms with Crippen molar-refractivity contribution in [3.05, 3.63) is 59.7 Å². The van der Waals surface area contributed by atoms with Crippen molar-refractivity contribution < 1.29 is 8.95 Å². The van der Waals surface area contributed by atoms with E-state index in [4.69, 9.17) is 10.5 Å². The van der Waals surface area contributed by atoms with Crippen molar-refractivity contribution in [2.24, 2.45) is 5.73 Å². The molecule has 1 unspecified atom stereocenters. The highest BCUT2D eigenvalue weighted by Gasteiger charge is 2.05. The Labute approximate surface area is 128 Å². The predicted molar refractivity (Wildman–Crippen MR) is 86.9 cm³/mol. The monoisotopic (exact) mass is 303 g/mol. The fourth-order valence-corrected chi connectivity index (χ4v) is 3.05. The maximum absolute atomic E-state index is 12.1. The number of para-hydroxylation sites is 1. The van der Waals surface area contributed by atoms with Crippen molar-refractivity contribution in [2.75, 3.05) is 12.4 Å². The van der Waals surface area contributed by atoms with Crippen molar-refractivity contribution in [1.29, 1.82) is 0 Å². The summed E-state index contributed by atoms with van der Waals surface area (Å²) in [4.78, 5) is 0.878. The number of hydrogen-bond acceptors (Lipinski definition) is 3. The maximum Gasteiger partial charge on any atom is 0.123 e. The Morgan fingerprint density at radius 3 is 2.52 bits per heavy atom. The normalized spacial score (nSPS) is 12.1. The van der Waals surface area contributed by atoms with Crippen molar-refractivity contribution in [3.8, 4) is 5.75 Å². The molecule has 0 fully saturated rings. The van der Waals surface area contributed by atoms with Crippen LogP contribution in [0.1, 0.15) is 17.5 Å². The molecule has 2 aromatic rings. The zero-order valence-corrected chi connectivity index (χ0v) is 13.1. The van der Waals surface area contributed by atoms with Crippen LogP contribution in [0, 0.1) is 6.92 Å². The van der Waals surface area contributed by atoms with E-state index in [2.05, 4.69) is 0 Å². The average Bonchev–Trinajstić information content (AvgIpc) is 2.52. The third-order valence-corrected chi connectivity index (χ3v) is 4.67. The van der Waals surface area contributed by atoms with Crippen LogP contribution in [0.2, 0.25) is 0 Å². The van der Waals surface area contributed by atoms with Gasteiger partial charge in [0.2, 0.25) is 0 Å². The van der Waals surface area contributed by atoms with E-state index < -0.39 is 10.8 Å². The summed E-state index contributed by atoms with van der Waals surface area (Å²) in [6, 6.07) is 15.6. The van der Waals surface area contributed by atoms with E-state index >= 15 is 0 Å². The van der Waals surface area contributed by atoms with Crippen molar-refractivity contribution in [2.45, 2.75) is 24.8 Å². The maximum atomic E-state index is 12.1. The molecule has 0 radical (unpaired) electrons. The standard InChI is InChI=1S/C17H21NO2S/c1-14-7-9-16(10-8-14)21(19)12-4-11-20-17-6-3-2-5-15(17)13-18/h2-3,5-10H,4,11-13,18H2,1H3. The van der Waals surface area contributed by atoms with Crippen molar-refractivity contribution in [3.63, 3.8) is 0 Å². The molecule has 0 spiro atoms. The number of aryl methyl sites for hydroxylation is 1. The van der Waals surface area contributed by atoms with Crippen LogP contribution in [0.4, 0.5) is 0 Å². The lowest BCUT2D eigenvalue weighted by Crippen LogP contribution is -2.07. The fraction of sp³-hybridized carbons (Fsp3) is 0.294. The summed E-state index contributed by atoms with van der Waals surface area (Å²) < 4.78 is 17.8. The molecule has 4 heteroatoms. The summed E-state index contributed by atoms with van der Waals surface area (Å²) in [5.41, 5.74) is 7.84. The van der Waals surface area contributed by atoms with E-state index in [0.29, 0.717) is 18.9 Å². The summed E-state index contributed by atoms with van der Waals surface area (Å²) in [5.74, 6) is 1.43. The first kappa shape index (κ1) is 15.7. The molecule has 2 rings (SSSR count). The minimum absolute atomic E-state index is 0.464. The zero-order chi connectivity index (χ0) is 15.1. The Kier molecular flexibility index (Phi) is 5.96. The number of ether oxygens (including phenoxy) is 1. The third kappa shape index (κ3) is 4.69. The highest BCUT2D eigenvalue weighted by Crippen LogP contribution is 2.17. The van der Waals surface area contributed by atoms with Gasteiger partial charge in [-0.2, -0.15) is 0 Å². The SMILES string of the molecule is Cc1ccc(S(=O)CCCOc2ccccc2CN)cc1. The quantitative estimate of drug-likeness (QED) is 0.800. The van der Waals surface area contributed by atoms with E-state index in [-0.39, 0.29) is 0 Å². The first-order valence-corrected chi connectivity index (χ1v) is 8.38. The Balaban J connectivity index is 1.79. The van der Waals surface area contributed by atoms with E-state index in [1.54, 1.807) is 0 Å². The Morgan fingerprint density at radius 1 is 1.10 bits per heavy atom. The second kappa shape index (κ2) is 7.96. The molecule has 0 saturated heterocycles. The minimum atomic E-state index is -0.961. The molecule has 0 aliphatic heterocycles. The second-order valence-electron chi connectivity index (χ2n) is 4.88. The van der Waals surface area contributed by atoms with Crippen LogP contribution in [0.5, 0.6) is 5.75 Å². The van der Waals surface area contributed by atoms with Gasteiger partial charge >= 0.3 is 0 Å². The molecule has 1 atom stereocenters. The number of benzene rings is 2. The highest BCUT2D eigenvalue weighted by atomic mass is 32.2. The van der Waals surface area contributed by atoms with Gasteiger partial charge in [-0.05, 0) is 31.5 Å². The Morgan fingerprint density at radius 2 is 1.81 bits per heavy atom. The van der Waals surface area contributed by atoms with Crippen LogP contribution in [0.3, 0.4) is 0 Å². The van der Waals surface area contributed by atoms with Gasteiger partial charge in [0, 0.05) is 22.8 Å². The molecule has 2 N–H and O–H groups in total. The minimum Gasteiger partial charge on any atom is -0.493 e. The molecule has 0 aromatic heterocycles. The van der Waals surface area contributed by atoms with Crippen LogP contribution in [0.15, 0.2) is 53.4 Å². The fourth-order valence-electron chi connectivity index (χ4n) is 1.99. The molecule has 21 heavy (non-hydrogen) atoms. The number of hydrogen-bond donors (Lipinski definition) is 1. The molecule has 0 saturated carbocycles. The van der Waals surface area contributed by atoms with Crippen LogP contribution in [-0.4, -0.2) is 16.6 Å². The molecule has 0 aliphatic carbocycles. The van der Waals surface area contributed by atoms with E-state index in [1.165, 1.54) is 5.56 Å². The Bertz CT molecular complexity index is 596. The van der Waals surface area contributed by atoms with Gasteiger partial charge in [0.1, 0.15) is 5.75 Å². The second-order valence-corrected chi connectivity index (χ2v) is 6.45. The number of rotatable bonds is 7. The smallest absolute Gasteiger partial charge is 0.123 e. The van der Waals surface area contributed by atoms with Gasteiger partial charge in [0.15, 0.2) is 0 Å². The lowest BCUT2D eigenvalue weighted by molar-refractivity contribution is 0.315. The predicted octanol–water partition coefficient (Wildman–Crippen LogP) is 3.03. The molecular formula is C17H21NO2S. The largest absolute Gasteiger partial charge is 0.493 e. The summed E-state index contributed by atoms with van der Waals surface area (Å²) >= 11 is 0. The molecule has 112 valence electrons.